The first-order chi connectivity index (χ1) is 15.1. The molecule has 0 fully saturated rings. The number of carbonyl (C=O) groups excluding carboxylic acids is 1. The van der Waals surface area contributed by atoms with Crippen LogP contribution in [-0.4, -0.2) is 22.2 Å². The second kappa shape index (κ2) is 8.61. The summed E-state index contributed by atoms with van der Waals surface area (Å²) in [6.45, 7) is 5.35. The number of fused-ring (bicyclic) bond motifs is 1. The summed E-state index contributed by atoms with van der Waals surface area (Å²) >= 11 is 3.41. The Balaban J connectivity index is 1.54. The molecule has 32 heavy (non-hydrogen) atoms. The van der Waals surface area contributed by atoms with Gasteiger partial charge in [0.05, 0.1) is 23.8 Å². The topological polar surface area (TPSA) is 50.2 Å². The van der Waals surface area contributed by atoms with Crippen LogP contribution >= 0.6 is 15.9 Å². The molecule has 3 aromatic rings. The maximum Gasteiger partial charge on any atom is 0.416 e. The molecule has 168 valence electrons. The molecule has 1 aromatic heterocycles. The van der Waals surface area contributed by atoms with Gasteiger partial charge in [-0.1, -0.05) is 40.2 Å². The number of halogens is 4. The van der Waals surface area contributed by atoms with E-state index in [9.17, 15) is 18.0 Å². The summed E-state index contributed by atoms with van der Waals surface area (Å²) in [5.74, 6) is 0.474. The van der Waals surface area contributed by atoms with Crippen LogP contribution in [0.4, 0.5) is 19.0 Å². The summed E-state index contributed by atoms with van der Waals surface area (Å²) < 4.78 is 41.3. The molecule has 1 aliphatic rings. The van der Waals surface area contributed by atoms with Gasteiger partial charge in [0.25, 0.3) is 5.91 Å². The van der Waals surface area contributed by atoms with Crippen molar-refractivity contribution in [2.45, 2.75) is 39.2 Å². The highest BCUT2D eigenvalue weighted by molar-refractivity contribution is 9.10. The monoisotopic (exact) mass is 506 g/mol. The first-order valence-corrected chi connectivity index (χ1v) is 11.0. The lowest BCUT2D eigenvalue weighted by molar-refractivity contribution is -0.137. The Kier molecular flexibility index (Phi) is 6.03. The fourth-order valence-electron chi connectivity index (χ4n) is 3.91. The Morgan fingerprint density at radius 1 is 1.12 bits per heavy atom. The van der Waals surface area contributed by atoms with Crippen molar-refractivity contribution in [2.75, 3.05) is 11.4 Å². The third-order valence-electron chi connectivity index (χ3n) is 5.58. The highest BCUT2D eigenvalue weighted by Crippen LogP contribution is 2.32. The van der Waals surface area contributed by atoms with Crippen LogP contribution in [0.1, 0.15) is 45.7 Å². The molecule has 0 aliphatic carbocycles. The van der Waals surface area contributed by atoms with Crippen molar-refractivity contribution in [3.8, 4) is 0 Å². The smallest absolute Gasteiger partial charge is 0.350 e. The Bertz CT molecular complexity index is 1120. The number of aromatic nitrogens is 2. The maximum absolute atomic E-state index is 13.2. The molecule has 1 amide bonds. The molecule has 1 atom stereocenters. The standard InChI is InChI=1S/C23H22BrF3N4O/c1-14(17-5-9-19(24)10-6-17)28-21(32)20-15(2)29-31-12-11-30(22(20)31)13-16-3-7-18(8-4-16)23(25,26)27/h3-10,14H,11-13H2,1-2H3,(H,28,32)/t14-/m0/s1. The van der Waals surface area contributed by atoms with Gasteiger partial charge in [0, 0.05) is 17.6 Å². The Labute approximate surface area is 192 Å². The van der Waals surface area contributed by atoms with Crippen molar-refractivity contribution in [3.63, 3.8) is 0 Å². The Morgan fingerprint density at radius 3 is 2.41 bits per heavy atom. The van der Waals surface area contributed by atoms with E-state index in [0.717, 1.165) is 27.7 Å². The molecule has 0 spiro atoms. The summed E-state index contributed by atoms with van der Waals surface area (Å²) in [6.07, 6.45) is -4.36. The normalized spacial score (nSPS) is 14.4. The van der Waals surface area contributed by atoms with Gasteiger partial charge in [-0.25, -0.2) is 4.68 Å². The third kappa shape index (κ3) is 4.53. The number of benzene rings is 2. The van der Waals surface area contributed by atoms with Gasteiger partial charge in [0.1, 0.15) is 11.4 Å². The second-order valence-electron chi connectivity index (χ2n) is 7.87. The minimum absolute atomic E-state index is 0.199. The summed E-state index contributed by atoms with van der Waals surface area (Å²) in [7, 11) is 0. The number of alkyl halides is 3. The number of hydrogen-bond donors (Lipinski definition) is 1. The largest absolute Gasteiger partial charge is 0.416 e. The summed E-state index contributed by atoms with van der Waals surface area (Å²) in [6, 6.07) is 12.7. The van der Waals surface area contributed by atoms with Crippen molar-refractivity contribution in [2.24, 2.45) is 0 Å². The molecule has 0 bridgehead atoms. The zero-order chi connectivity index (χ0) is 23.0. The van der Waals surface area contributed by atoms with Crippen molar-refractivity contribution in [1.82, 2.24) is 15.1 Å². The number of amides is 1. The molecule has 9 heteroatoms. The lowest BCUT2D eigenvalue weighted by atomic mass is 10.1. The van der Waals surface area contributed by atoms with E-state index < -0.39 is 11.7 Å². The van der Waals surface area contributed by atoms with E-state index in [1.54, 1.807) is 11.6 Å². The quantitative estimate of drug-likeness (QED) is 0.498. The number of hydrogen-bond acceptors (Lipinski definition) is 3. The van der Waals surface area contributed by atoms with E-state index in [-0.39, 0.29) is 11.9 Å². The Morgan fingerprint density at radius 2 is 1.78 bits per heavy atom. The van der Waals surface area contributed by atoms with Gasteiger partial charge in [0.2, 0.25) is 0 Å². The molecule has 2 aromatic carbocycles. The molecule has 4 rings (SSSR count). The van der Waals surface area contributed by atoms with Crippen molar-refractivity contribution in [3.05, 3.63) is 81.0 Å². The molecule has 0 saturated carbocycles. The van der Waals surface area contributed by atoms with Gasteiger partial charge >= 0.3 is 6.18 Å². The number of nitrogens with zero attached hydrogens (tertiary/aromatic N) is 3. The van der Waals surface area contributed by atoms with Crippen molar-refractivity contribution < 1.29 is 18.0 Å². The minimum atomic E-state index is -4.36. The maximum atomic E-state index is 13.2. The van der Waals surface area contributed by atoms with Crippen LogP contribution in [0, 0.1) is 6.92 Å². The fourth-order valence-corrected chi connectivity index (χ4v) is 4.18. The predicted octanol–water partition coefficient (Wildman–Crippen LogP) is 5.48. The zero-order valence-corrected chi connectivity index (χ0v) is 19.2. The zero-order valence-electron chi connectivity index (χ0n) is 17.6. The van der Waals surface area contributed by atoms with E-state index in [4.69, 9.17) is 0 Å². The summed E-state index contributed by atoms with van der Waals surface area (Å²) in [4.78, 5) is 15.2. The third-order valence-corrected chi connectivity index (χ3v) is 6.11. The molecule has 1 N–H and O–H groups in total. The summed E-state index contributed by atoms with van der Waals surface area (Å²) in [5, 5.41) is 7.54. The number of aryl methyl sites for hydroxylation is 1. The van der Waals surface area contributed by atoms with Crippen LogP contribution in [-0.2, 0) is 19.3 Å². The predicted molar refractivity (Wildman–Crippen MR) is 119 cm³/mol. The van der Waals surface area contributed by atoms with Crippen molar-refractivity contribution in [1.29, 1.82) is 0 Å². The lowest BCUT2D eigenvalue weighted by Gasteiger charge is -2.20. The van der Waals surface area contributed by atoms with Crippen LogP contribution in [0.15, 0.2) is 53.0 Å². The number of anilines is 1. The van der Waals surface area contributed by atoms with Gasteiger partial charge in [0.15, 0.2) is 0 Å². The number of rotatable bonds is 5. The van der Waals surface area contributed by atoms with E-state index in [2.05, 4.69) is 26.3 Å². The molecule has 1 aliphatic heterocycles. The molecule has 2 heterocycles. The van der Waals surface area contributed by atoms with Crippen LogP contribution in [0.2, 0.25) is 0 Å². The van der Waals surface area contributed by atoms with Crippen molar-refractivity contribution >= 4 is 27.7 Å². The molecule has 0 saturated heterocycles. The minimum Gasteiger partial charge on any atom is -0.350 e. The van der Waals surface area contributed by atoms with E-state index in [1.165, 1.54) is 12.1 Å². The molecule has 5 nitrogen and oxygen atoms in total. The van der Waals surface area contributed by atoms with Crippen LogP contribution in [0.3, 0.4) is 0 Å². The molecular formula is C23H22BrF3N4O. The number of carbonyl (C=O) groups is 1. The second-order valence-corrected chi connectivity index (χ2v) is 8.79. The molecular weight excluding hydrogens is 485 g/mol. The highest BCUT2D eigenvalue weighted by atomic mass is 79.9. The van der Waals surface area contributed by atoms with E-state index in [1.807, 2.05) is 36.1 Å². The van der Waals surface area contributed by atoms with E-state index in [0.29, 0.717) is 36.7 Å². The van der Waals surface area contributed by atoms with Gasteiger partial charge in [-0.2, -0.15) is 18.3 Å². The van der Waals surface area contributed by atoms with Gasteiger partial charge in [-0.15, -0.1) is 0 Å². The van der Waals surface area contributed by atoms with E-state index >= 15 is 0 Å². The summed E-state index contributed by atoms with van der Waals surface area (Å²) in [5.41, 5.74) is 2.16. The van der Waals surface area contributed by atoms with Gasteiger partial charge < -0.3 is 10.2 Å². The highest BCUT2D eigenvalue weighted by Gasteiger charge is 2.32. The first kappa shape index (κ1) is 22.4. The van der Waals surface area contributed by atoms with Crippen LogP contribution in [0.5, 0.6) is 0 Å². The van der Waals surface area contributed by atoms with Crippen LogP contribution in [0.25, 0.3) is 0 Å². The average molecular weight is 507 g/mol. The Hall–Kier alpha value is -2.81. The SMILES string of the molecule is Cc1nn2c(c1C(=O)N[C@@H](C)c1ccc(Br)cc1)N(Cc1ccc(C(F)(F)F)cc1)CC2. The number of nitrogens with one attached hydrogen (secondary N) is 1. The first-order valence-electron chi connectivity index (χ1n) is 10.2. The lowest BCUT2D eigenvalue weighted by Crippen LogP contribution is -2.29. The van der Waals surface area contributed by atoms with Crippen LogP contribution < -0.4 is 10.2 Å². The van der Waals surface area contributed by atoms with Gasteiger partial charge in [-0.3, -0.25) is 4.79 Å². The fraction of sp³-hybridized carbons (Fsp3) is 0.304. The average Bonchev–Trinajstić information content (AvgIpc) is 3.26. The molecule has 0 unspecified atom stereocenters. The van der Waals surface area contributed by atoms with Gasteiger partial charge in [-0.05, 0) is 49.2 Å². The molecule has 0 radical (unpaired) electrons.